The van der Waals surface area contributed by atoms with Gasteiger partial charge in [0, 0.05) is 20.1 Å². The first-order valence-electron chi connectivity index (χ1n) is 9.92. The van der Waals surface area contributed by atoms with E-state index in [0.29, 0.717) is 25.6 Å². The summed E-state index contributed by atoms with van der Waals surface area (Å²) in [4.78, 5) is 20.3. The molecule has 3 N–H and O–H groups in total. The van der Waals surface area contributed by atoms with Crippen LogP contribution in [0.2, 0.25) is 0 Å². The van der Waals surface area contributed by atoms with Crippen LogP contribution in [0.5, 0.6) is 0 Å². The summed E-state index contributed by atoms with van der Waals surface area (Å²) in [5, 5.41) is 13.6. The smallest absolute Gasteiger partial charge is 0.408 e. The molecule has 0 atom stereocenters. The van der Waals surface area contributed by atoms with E-state index in [-0.39, 0.29) is 24.0 Å². The molecule has 0 aliphatic carbocycles. The lowest BCUT2D eigenvalue weighted by Crippen LogP contribution is -2.54. The Balaban J connectivity index is 0.00000480. The number of alkyl carbamates (subject to hydrolysis) is 1. The van der Waals surface area contributed by atoms with Crippen molar-refractivity contribution in [3.05, 3.63) is 48.0 Å². The number of benzene rings is 1. The molecule has 0 spiro atoms. The molecule has 10 heteroatoms. The Hall–Kier alpha value is -2.37. The summed E-state index contributed by atoms with van der Waals surface area (Å²) in [7, 11) is 1.71. The van der Waals surface area contributed by atoms with Gasteiger partial charge in [0.1, 0.15) is 18.3 Å². The number of aliphatic imine (C=N–C) groups is 1. The van der Waals surface area contributed by atoms with E-state index >= 15 is 0 Å². The zero-order valence-corrected chi connectivity index (χ0v) is 21.4. The van der Waals surface area contributed by atoms with Gasteiger partial charge >= 0.3 is 6.09 Å². The van der Waals surface area contributed by atoms with Crippen molar-refractivity contribution in [2.45, 2.75) is 58.8 Å². The standard InChI is InChI=1S/C21H33N7O2.HI/c1-20(2,3)30-19(29)27-21(4,5)13-25-18(22-6)24-11-16-8-7-9-17(10-16)12-28-15-23-14-26-28;/h7-10,14-15H,11-13H2,1-6H3,(H,27,29)(H2,22,24,25);1H. The van der Waals surface area contributed by atoms with Gasteiger partial charge in [-0.3, -0.25) is 4.99 Å². The lowest BCUT2D eigenvalue weighted by molar-refractivity contribution is 0.0474. The Bertz CT molecular complexity index is 846. The number of carbonyl (C=O) groups is 1. The molecule has 1 heterocycles. The molecule has 172 valence electrons. The first-order valence-corrected chi connectivity index (χ1v) is 9.92. The fourth-order valence-electron chi connectivity index (χ4n) is 2.67. The molecule has 1 aromatic heterocycles. The van der Waals surface area contributed by atoms with Crippen LogP contribution in [0.4, 0.5) is 4.79 Å². The van der Waals surface area contributed by atoms with Gasteiger partial charge in [0.15, 0.2) is 5.96 Å². The van der Waals surface area contributed by atoms with Crippen LogP contribution in [-0.4, -0.2) is 51.5 Å². The molecule has 0 aliphatic rings. The van der Waals surface area contributed by atoms with Crippen molar-refractivity contribution in [3.63, 3.8) is 0 Å². The summed E-state index contributed by atoms with van der Waals surface area (Å²) in [5.74, 6) is 0.649. The fourth-order valence-corrected chi connectivity index (χ4v) is 2.67. The third-order valence-corrected chi connectivity index (χ3v) is 4.02. The summed E-state index contributed by atoms with van der Waals surface area (Å²) < 4.78 is 7.11. The molecule has 0 unspecified atom stereocenters. The van der Waals surface area contributed by atoms with Crippen molar-refractivity contribution in [3.8, 4) is 0 Å². The molecule has 9 nitrogen and oxygen atoms in total. The van der Waals surface area contributed by atoms with Crippen molar-refractivity contribution in [2.75, 3.05) is 13.6 Å². The Kier molecular flexibility index (Phi) is 10.2. The number of ether oxygens (including phenoxy) is 1. The van der Waals surface area contributed by atoms with E-state index in [4.69, 9.17) is 4.74 Å². The van der Waals surface area contributed by atoms with E-state index < -0.39 is 17.2 Å². The lowest BCUT2D eigenvalue weighted by atomic mass is 10.1. The highest BCUT2D eigenvalue weighted by atomic mass is 127. The van der Waals surface area contributed by atoms with Gasteiger partial charge in [-0.1, -0.05) is 24.3 Å². The number of hydrogen-bond acceptors (Lipinski definition) is 5. The monoisotopic (exact) mass is 543 g/mol. The molecule has 0 saturated carbocycles. The zero-order chi connectivity index (χ0) is 22.2. The third-order valence-electron chi connectivity index (χ3n) is 4.02. The van der Waals surface area contributed by atoms with Gasteiger partial charge in [0.2, 0.25) is 0 Å². The van der Waals surface area contributed by atoms with E-state index in [9.17, 15) is 4.79 Å². The third kappa shape index (κ3) is 10.5. The molecular formula is C21H34IN7O2. The number of carbonyl (C=O) groups excluding carboxylic acids is 1. The number of rotatable bonds is 7. The van der Waals surface area contributed by atoms with E-state index in [1.54, 1.807) is 18.1 Å². The molecule has 0 aliphatic heterocycles. The molecule has 0 saturated heterocycles. The largest absolute Gasteiger partial charge is 0.444 e. The van der Waals surface area contributed by atoms with Crippen molar-refractivity contribution in [1.82, 2.24) is 30.7 Å². The van der Waals surface area contributed by atoms with Crippen LogP contribution in [0.15, 0.2) is 41.9 Å². The first kappa shape index (κ1) is 26.7. The Morgan fingerprint density at radius 1 is 1.16 bits per heavy atom. The van der Waals surface area contributed by atoms with Gasteiger partial charge in [-0.05, 0) is 45.7 Å². The molecule has 0 radical (unpaired) electrons. The first-order chi connectivity index (χ1) is 14.1. The van der Waals surface area contributed by atoms with Gasteiger partial charge in [-0.25, -0.2) is 14.5 Å². The van der Waals surface area contributed by atoms with Crippen LogP contribution in [0.1, 0.15) is 45.7 Å². The maximum Gasteiger partial charge on any atom is 0.408 e. The molecule has 31 heavy (non-hydrogen) atoms. The van der Waals surface area contributed by atoms with E-state index in [1.807, 2.05) is 40.7 Å². The minimum absolute atomic E-state index is 0. The maximum atomic E-state index is 12.0. The minimum Gasteiger partial charge on any atom is -0.444 e. The molecule has 1 amide bonds. The second-order valence-electron chi connectivity index (χ2n) is 8.70. The van der Waals surface area contributed by atoms with Gasteiger partial charge in [0.05, 0.1) is 12.1 Å². The SMILES string of the molecule is CN=C(NCc1cccc(Cn2cncn2)c1)NCC(C)(C)NC(=O)OC(C)(C)C.I. The van der Waals surface area contributed by atoms with E-state index in [1.165, 1.54) is 6.33 Å². The van der Waals surface area contributed by atoms with Gasteiger partial charge in [0.25, 0.3) is 0 Å². The van der Waals surface area contributed by atoms with Crippen LogP contribution in [-0.2, 0) is 17.8 Å². The molecule has 2 aromatic rings. The van der Waals surface area contributed by atoms with Crippen molar-refractivity contribution < 1.29 is 9.53 Å². The topological polar surface area (TPSA) is 105 Å². The molecular weight excluding hydrogens is 509 g/mol. The van der Waals surface area contributed by atoms with Crippen molar-refractivity contribution >= 4 is 36.0 Å². The minimum atomic E-state index is -0.534. The summed E-state index contributed by atoms with van der Waals surface area (Å²) in [6, 6.07) is 8.26. The quantitative estimate of drug-likeness (QED) is 0.282. The second-order valence-corrected chi connectivity index (χ2v) is 8.70. The van der Waals surface area contributed by atoms with Gasteiger partial charge in [-0.15, -0.1) is 24.0 Å². The number of halogens is 1. The Morgan fingerprint density at radius 3 is 2.48 bits per heavy atom. The second kappa shape index (κ2) is 11.9. The zero-order valence-electron chi connectivity index (χ0n) is 19.1. The van der Waals surface area contributed by atoms with Crippen LogP contribution in [0, 0.1) is 0 Å². The Labute approximate surface area is 201 Å². The summed E-state index contributed by atoms with van der Waals surface area (Å²) >= 11 is 0. The van der Waals surface area contributed by atoms with E-state index in [0.717, 1.165) is 11.1 Å². The summed E-state index contributed by atoms with van der Waals surface area (Å²) in [5.41, 5.74) is 1.22. The van der Waals surface area contributed by atoms with Gasteiger partial charge < -0.3 is 20.7 Å². The number of amides is 1. The molecule has 2 rings (SSSR count). The van der Waals surface area contributed by atoms with E-state index in [2.05, 4.69) is 49.2 Å². The summed E-state index contributed by atoms with van der Waals surface area (Å²) in [6.45, 7) is 11.1. The highest BCUT2D eigenvalue weighted by Gasteiger charge is 2.24. The van der Waals surface area contributed by atoms with Crippen LogP contribution < -0.4 is 16.0 Å². The predicted octanol–water partition coefficient (Wildman–Crippen LogP) is 2.91. The summed E-state index contributed by atoms with van der Waals surface area (Å²) in [6.07, 6.45) is 2.78. The lowest BCUT2D eigenvalue weighted by Gasteiger charge is -2.29. The van der Waals surface area contributed by atoms with Crippen LogP contribution in [0.3, 0.4) is 0 Å². The Morgan fingerprint density at radius 2 is 1.87 bits per heavy atom. The predicted molar refractivity (Wildman–Crippen MR) is 133 cm³/mol. The number of guanidine groups is 1. The fraction of sp³-hybridized carbons (Fsp3) is 0.524. The van der Waals surface area contributed by atoms with Crippen molar-refractivity contribution in [2.24, 2.45) is 4.99 Å². The maximum absolute atomic E-state index is 12.0. The van der Waals surface area contributed by atoms with Crippen molar-refractivity contribution in [1.29, 1.82) is 0 Å². The average molecular weight is 543 g/mol. The number of hydrogen-bond donors (Lipinski definition) is 3. The van der Waals surface area contributed by atoms with Crippen LogP contribution in [0.25, 0.3) is 0 Å². The molecule has 0 fully saturated rings. The molecule has 1 aromatic carbocycles. The van der Waals surface area contributed by atoms with Gasteiger partial charge in [-0.2, -0.15) is 5.10 Å². The van der Waals surface area contributed by atoms with Crippen LogP contribution >= 0.6 is 24.0 Å². The average Bonchev–Trinajstić information content (AvgIpc) is 3.13. The highest BCUT2D eigenvalue weighted by Crippen LogP contribution is 2.09. The normalized spacial score (nSPS) is 12.0. The number of nitrogens with zero attached hydrogens (tertiary/aromatic N) is 4. The molecule has 0 bridgehead atoms. The number of aromatic nitrogens is 3. The highest BCUT2D eigenvalue weighted by molar-refractivity contribution is 14.0. The number of nitrogens with one attached hydrogen (secondary N) is 3.